The number of hydrogen-bond donors (Lipinski definition) is 1. The number of amides is 1. The van der Waals surface area contributed by atoms with Gasteiger partial charge in [0.2, 0.25) is 5.76 Å². The molecular weight excluding hydrogens is 258 g/mol. The number of likely N-dealkylation sites (tertiary alicyclic amines) is 1. The molecule has 0 bridgehead atoms. The summed E-state index contributed by atoms with van der Waals surface area (Å²) in [5.41, 5.74) is 1.06. The van der Waals surface area contributed by atoms with Gasteiger partial charge in [-0.1, -0.05) is 0 Å². The van der Waals surface area contributed by atoms with Crippen LogP contribution in [0.4, 0.5) is 0 Å². The Kier molecular flexibility index (Phi) is 3.18. The van der Waals surface area contributed by atoms with E-state index in [1.807, 2.05) is 4.90 Å². The molecule has 0 aliphatic carbocycles. The second-order valence-corrected chi connectivity index (χ2v) is 5.02. The zero-order valence-electron chi connectivity index (χ0n) is 11.0. The summed E-state index contributed by atoms with van der Waals surface area (Å²) >= 11 is 0. The number of benzene rings is 1. The lowest BCUT2D eigenvalue weighted by Crippen LogP contribution is -2.35. The van der Waals surface area contributed by atoms with Crippen molar-refractivity contribution in [2.24, 2.45) is 0 Å². The maximum absolute atomic E-state index is 12.4. The van der Waals surface area contributed by atoms with Crippen molar-refractivity contribution >= 4 is 22.8 Å². The molecule has 1 aromatic carbocycles. The molecule has 104 valence electrons. The Morgan fingerprint density at radius 1 is 1.10 bits per heavy atom. The minimum absolute atomic E-state index is 0.00433. The molecule has 2 heterocycles. The number of furan rings is 1. The van der Waals surface area contributed by atoms with Crippen molar-refractivity contribution in [2.45, 2.75) is 19.3 Å². The van der Waals surface area contributed by atoms with Crippen LogP contribution in [0.1, 0.15) is 40.2 Å². The van der Waals surface area contributed by atoms with Gasteiger partial charge in [-0.15, -0.1) is 0 Å². The number of nitrogens with zero attached hydrogens (tertiary/aromatic N) is 1. The number of carboxylic acids is 1. The summed E-state index contributed by atoms with van der Waals surface area (Å²) in [5, 5.41) is 9.54. The normalized spacial score (nSPS) is 15.5. The molecule has 0 saturated carbocycles. The largest absolute Gasteiger partial charge is 0.475 e. The Bertz CT molecular complexity index is 668. The van der Waals surface area contributed by atoms with E-state index >= 15 is 0 Å². The molecule has 1 aliphatic rings. The lowest BCUT2D eigenvalue weighted by atomic mass is 10.1. The van der Waals surface area contributed by atoms with E-state index in [9.17, 15) is 9.59 Å². The van der Waals surface area contributed by atoms with Gasteiger partial charge in [-0.05, 0) is 43.5 Å². The summed E-state index contributed by atoms with van der Waals surface area (Å²) in [6.45, 7) is 1.59. The van der Waals surface area contributed by atoms with Gasteiger partial charge in [-0.2, -0.15) is 0 Å². The fourth-order valence-corrected chi connectivity index (χ4v) is 2.56. The molecule has 20 heavy (non-hydrogen) atoms. The average Bonchev–Trinajstić information content (AvgIpc) is 2.90. The first kappa shape index (κ1) is 12.7. The average molecular weight is 273 g/mol. The van der Waals surface area contributed by atoms with Crippen molar-refractivity contribution < 1.29 is 19.1 Å². The van der Waals surface area contributed by atoms with Crippen LogP contribution >= 0.6 is 0 Å². The van der Waals surface area contributed by atoms with E-state index in [0.29, 0.717) is 16.5 Å². The van der Waals surface area contributed by atoms with E-state index in [-0.39, 0.29) is 11.7 Å². The Hall–Kier alpha value is -2.30. The number of piperidine rings is 1. The van der Waals surface area contributed by atoms with Crippen LogP contribution in [0.15, 0.2) is 28.7 Å². The van der Waals surface area contributed by atoms with Crippen LogP contribution in [0.2, 0.25) is 0 Å². The van der Waals surface area contributed by atoms with Crippen LogP contribution < -0.4 is 0 Å². The predicted octanol–water partition coefficient (Wildman–Crippen LogP) is 2.76. The van der Waals surface area contributed by atoms with Crippen molar-refractivity contribution in [3.8, 4) is 0 Å². The number of carbonyl (C=O) groups excluding carboxylic acids is 1. The Morgan fingerprint density at radius 2 is 1.85 bits per heavy atom. The Balaban J connectivity index is 1.91. The van der Waals surface area contributed by atoms with Crippen LogP contribution in [-0.2, 0) is 0 Å². The van der Waals surface area contributed by atoms with Crippen LogP contribution in [0.25, 0.3) is 11.0 Å². The first-order valence-electron chi connectivity index (χ1n) is 6.71. The summed E-state index contributed by atoms with van der Waals surface area (Å²) in [7, 11) is 0. The molecule has 5 nitrogen and oxygen atoms in total. The molecular formula is C15H15NO4. The van der Waals surface area contributed by atoms with Gasteiger partial charge in [0.05, 0.1) is 0 Å². The maximum Gasteiger partial charge on any atom is 0.371 e. The molecule has 1 aliphatic heterocycles. The van der Waals surface area contributed by atoms with Crippen LogP contribution in [0, 0.1) is 0 Å². The third kappa shape index (κ3) is 2.27. The summed E-state index contributed by atoms with van der Waals surface area (Å²) in [6, 6.07) is 6.49. The Morgan fingerprint density at radius 3 is 2.55 bits per heavy atom. The molecule has 0 spiro atoms. The lowest BCUT2D eigenvalue weighted by Gasteiger charge is -2.26. The SMILES string of the molecule is O=C(O)c1cc2cc(C(=O)N3CCCCC3)ccc2o1. The molecule has 0 unspecified atom stereocenters. The number of carboxylic acid groups (broad SMARTS) is 1. The zero-order valence-corrected chi connectivity index (χ0v) is 11.0. The molecule has 1 amide bonds. The fraction of sp³-hybridized carbons (Fsp3) is 0.333. The summed E-state index contributed by atoms with van der Waals surface area (Å²) in [5.74, 6) is -1.21. The van der Waals surface area contributed by atoms with Crippen LogP contribution in [0.3, 0.4) is 0 Å². The monoisotopic (exact) mass is 273 g/mol. The molecule has 5 heteroatoms. The van der Waals surface area contributed by atoms with Gasteiger partial charge in [-0.3, -0.25) is 4.79 Å². The van der Waals surface area contributed by atoms with Gasteiger partial charge in [0.1, 0.15) is 5.58 Å². The van der Waals surface area contributed by atoms with Gasteiger partial charge in [0.15, 0.2) is 0 Å². The van der Waals surface area contributed by atoms with Crippen molar-refractivity contribution in [2.75, 3.05) is 13.1 Å². The Labute approximate surface area is 115 Å². The number of aromatic carboxylic acids is 1. The number of rotatable bonds is 2. The van der Waals surface area contributed by atoms with E-state index in [2.05, 4.69) is 0 Å². The summed E-state index contributed by atoms with van der Waals surface area (Å²) in [4.78, 5) is 25.1. The highest BCUT2D eigenvalue weighted by molar-refractivity contribution is 5.99. The van der Waals surface area contributed by atoms with E-state index < -0.39 is 5.97 Å². The molecule has 1 saturated heterocycles. The van der Waals surface area contributed by atoms with Gasteiger partial charge in [0.25, 0.3) is 5.91 Å². The number of fused-ring (bicyclic) bond motifs is 1. The van der Waals surface area contributed by atoms with Gasteiger partial charge in [-0.25, -0.2) is 4.79 Å². The van der Waals surface area contributed by atoms with Crippen molar-refractivity contribution in [1.82, 2.24) is 4.90 Å². The summed E-state index contributed by atoms with van der Waals surface area (Å²) in [6.07, 6.45) is 3.26. The fourth-order valence-electron chi connectivity index (χ4n) is 2.56. The molecule has 0 atom stereocenters. The van der Waals surface area contributed by atoms with E-state index in [1.54, 1.807) is 18.2 Å². The van der Waals surface area contributed by atoms with Crippen molar-refractivity contribution in [1.29, 1.82) is 0 Å². The van der Waals surface area contributed by atoms with E-state index in [0.717, 1.165) is 25.9 Å². The quantitative estimate of drug-likeness (QED) is 0.913. The second kappa shape index (κ2) is 5.00. The maximum atomic E-state index is 12.4. The molecule has 3 rings (SSSR count). The summed E-state index contributed by atoms with van der Waals surface area (Å²) < 4.78 is 5.19. The standard InChI is InChI=1S/C15H15NO4/c17-14(16-6-2-1-3-7-16)10-4-5-12-11(8-10)9-13(20-12)15(18)19/h4-5,8-9H,1-3,6-7H2,(H,18,19). The minimum atomic E-state index is -1.11. The van der Waals surface area contributed by atoms with E-state index in [1.165, 1.54) is 12.5 Å². The van der Waals surface area contributed by atoms with E-state index in [4.69, 9.17) is 9.52 Å². The van der Waals surface area contributed by atoms with Gasteiger partial charge >= 0.3 is 5.97 Å². The predicted molar refractivity (Wildman–Crippen MR) is 72.9 cm³/mol. The third-order valence-electron chi connectivity index (χ3n) is 3.62. The second-order valence-electron chi connectivity index (χ2n) is 5.02. The van der Waals surface area contributed by atoms with Crippen molar-refractivity contribution in [3.63, 3.8) is 0 Å². The smallest absolute Gasteiger partial charge is 0.371 e. The van der Waals surface area contributed by atoms with Crippen molar-refractivity contribution in [3.05, 3.63) is 35.6 Å². The molecule has 0 radical (unpaired) electrons. The molecule has 1 aromatic heterocycles. The van der Waals surface area contributed by atoms with Gasteiger partial charge in [0, 0.05) is 24.0 Å². The molecule has 1 fully saturated rings. The lowest BCUT2D eigenvalue weighted by molar-refractivity contribution is 0.0663. The first-order chi connectivity index (χ1) is 9.65. The van der Waals surface area contributed by atoms with Crippen LogP contribution in [-0.4, -0.2) is 35.0 Å². The zero-order chi connectivity index (χ0) is 14.1. The molecule has 2 aromatic rings. The molecule has 1 N–H and O–H groups in total. The minimum Gasteiger partial charge on any atom is -0.475 e. The number of hydrogen-bond acceptors (Lipinski definition) is 3. The highest BCUT2D eigenvalue weighted by atomic mass is 16.4. The number of carbonyl (C=O) groups is 2. The van der Waals surface area contributed by atoms with Gasteiger partial charge < -0.3 is 14.4 Å². The highest BCUT2D eigenvalue weighted by Gasteiger charge is 2.19. The first-order valence-corrected chi connectivity index (χ1v) is 6.71. The van der Waals surface area contributed by atoms with Crippen LogP contribution in [0.5, 0.6) is 0 Å². The highest BCUT2D eigenvalue weighted by Crippen LogP contribution is 2.22. The third-order valence-corrected chi connectivity index (χ3v) is 3.62. The topological polar surface area (TPSA) is 70.8 Å².